The van der Waals surface area contributed by atoms with Gasteiger partial charge in [-0.3, -0.25) is 9.20 Å². The van der Waals surface area contributed by atoms with Crippen LogP contribution in [0.2, 0.25) is 0 Å². The molecule has 0 aliphatic carbocycles. The number of hydrogen-bond donors (Lipinski definition) is 2. The molecule has 13 heteroatoms. The Morgan fingerprint density at radius 3 is 2.74 bits per heavy atom. The van der Waals surface area contributed by atoms with Crippen LogP contribution in [0.4, 0.5) is 29.2 Å². The Morgan fingerprint density at radius 1 is 1.18 bits per heavy atom. The van der Waals surface area contributed by atoms with Crippen molar-refractivity contribution in [1.82, 2.24) is 24.3 Å². The van der Waals surface area contributed by atoms with Gasteiger partial charge in [-0.05, 0) is 43.2 Å². The van der Waals surface area contributed by atoms with E-state index in [2.05, 4.69) is 21.5 Å². The molecule has 3 N–H and O–H groups in total. The summed E-state index contributed by atoms with van der Waals surface area (Å²) in [6.45, 7) is 1.11. The van der Waals surface area contributed by atoms with Gasteiger partial charge in [-0.25, -0.2) is 19.3 Å². The third kappa shape index (κ3) is 4.68. The number of amides is 1. The minimum Gasteiger partial charge on any atom is -0.382 e. The van der Waals surface area contributed by atoms with Gasteiger partial charge >= 0.3 is 6.18 Å². The van der Waals surface area contributed by atoms with Crippen LogP contribution in [0, 0.1) is 17.3 Å². The molecule has 1 amide bonds. The summed E-state index contributed by atoms with van der Waals surface area (Å²) in [5, 5.41) is 11.6. The molecular weight excluding hydrogens is 504 g/mol. The quantitative estimate of drug-likeness (QED) is 0.299. The lowest BCUT2D eigenvalue weighted by molar-refractivity contribution is -0.137. The molecule has 3 aromatic heterocycles. The number of carbonyl (C=O) groups excluding carboxylic acids is 1. The Kier molecular flexibility index (Phi) is 6.31. The summed E-state index contributed by atoms with van der Waals surface area (Å²) >= 11 is 0. The molecular formula is C25H20F4N8O. The molecule has 5 rings (SSSR count). The highest BCUT2D eigenvalue weighted by atomic mass is 19.4. The number of alkyl halides is 3. The van der Waals surface area contributed by atoms with Crippen molar-refractivity contribution in [2.75, 3.05) is 24.1 Å². The smallest absolute Gasteiger partial charge is 0.382 e. The lowest BCUT2D eigenvalue weighted by Gasteiger charge is -2.27. The molecule has 1 saturated heterocycles. The molecule has 1 fully saturated rings. The number of nitriles is 1. The maximum Gasteiger partial charge on any atom is 0.416 e. The van der Waals surface area contributed by atoms with Crippen LogP contribution >= 0.6 is 0 Å². The van der Waals surface area contributed by atoms with E-state index in [0.29, 0.717) is 30.5 Å². The Labute approximate surface area is 213 Å². The highest BCUT2D eigenvalue weighted by Crippen LogP contribution is 2.35. The normalized spacial score (nSPS) is 15.9. The molecule has 1 aliphatic rings. The molecule has 0 bridgehead atoms. The second-order valence-electron chi connectivity index (χ2n) is 8.81. The van der Waals surface area contributed by atoms with Crippen molar-refractivity contribution in [1.29, 1.82) is 5.26 Å². The van der Waals surface area contributed by atoms with Crippen molar-refractivity contribution < 1.29 is 22.4 Å². The van der Waals surface area contributed by atoms with Crippen LogP contribution in [0.1, 0.15) is 40.5 Å². The number of nitrogens with one attached hydrogen (secondary N) is 1. The molecule has 0 unspecified atom stereocenters. The summed E-state index contributed by atoms with van der Waals surface area (Å²) in [4.78, 5) is 26.8. The van der Waals surface area contributed by atoms with Crippen molar-refractivity contribution in [3.05, 3.63) is 71.7 Å². The van der Waals surface area contributed by atoms with E-state index in [9.17, 15) is 23.2 Å². The van der Waals surface area contributed by atoms with Gasteiger partial charge in [0.25, 0.3) is 5.91 Å². The fourth-order valence-electron chi connectivity index (χ4n) is 4.55. The molecule has 1 aliphatic heterocycles. The van der Waals surface area contributed by atoms with E-state index in [1.54, 1.807) is 15.5 Å². The topological polar surface area (TPSA) is 125 Å². The number of benzene rings is 1. The van der Waals surface area contributed by atoms with Crippen LogP contribution in [-0.2, 0) is 6.18 Å². The molecule has 4 heterocycles. The first-order valence-corrected chi connectivity index (χ1v) is 11.6. The van der Waals surface area contributed by atoms with E-state index in [1.165, 1.54) is 18.3 Å². The monoisotopic (exact) mass is 524 g/mol. The Morgan fingerprint density at radius 2 is 2.00 bits per heavy atom. The van der Waals surface area contributed by atoms with Crippen molar-refractivity contribution in [2.24, 2.45) is 0 Å². The molecule has 194 valence electrons. The molecule has 4 aromatic rings. The standard InChI is InChI=1S/C25H20F4N8O/c26-18-10-14(24(38)34-19-11-16(5-6-32-19)25(27,28)29)3-4-17(18)20-21-22(31)33-7-9-37(21)23(35-20)15-2-1-8-36(12-15)13-30/h3-7,9-11,15H,1-2,8,12H2,(H2,31,33)(H,32,34,38)/t15-/m1/s1. The van der Waals surface area contributed by atoms with E-state index in [4.69, 9.17) is 10.7 Å². The van der Waals surface area contributed by atoms with Crippen molar-refractivity contribution >= 4 is 23.1 Å². The number of likely N-dealkylation sites (tertiary alicyclic amines) is 1. The van der Waals surface area contributed by atoms with E-state index in [-0.39, 0.29) is 34.4 Å². The van der Waals surface area contributed by atoms with Crippen LogP contribution in [0.15, 0.2) is 48.9 Å². The summed E-state index contributed by atoms with van der Waals surface area (Å²) in [5.74, 6) is -1.30. The van der Waals surface area contributed by atoms with Gasteiger partial charge < -0.3 is 16.0 Å². The molecule has 0 radical (unpaired) electrons. The number of aromatic nitrogens is 4. The van der Waals surface area contributed by atoms with Crippen molar-refractivity contribution in [3.8, 4) is 17.5 Å². The van der Waals surface area contributed by atoms with E-state index in [0.717, 1.165) is 31.2 Å². The zero-order valence-corrected chi connectivity index (χ0v) is 19.7. The first kappa shape index (κ1) is 24.9. The third-order valence-corrected chi connectivity index (χ3v) is 6.35. The van der Waals surface area contributed by atoms with E-state index in [1.807, 2.05) is 0 Å². The predicted octanol–water partition coefficient (Wildman–Crippen LogP) is 4.44. The largest absolute Gasteiger partial charge is 0.416 e. The molecule has 9 nitrogen and oxygen atoms in total. The fraction of sp³-hybridized carbons (Fsp3) is 0.240. The minimum absolute atomic E-state index is 0.0649. The molecule has 1 aromatic carbocycles. The van der Waals surface area contributed by atoms with Crippen molar-refractivity contribution in [3.63, 3.8) is 0 Å². The van der Waals surface area contributed by atoms with Gasteiger partial charge in [0.2, 0.25) is 0 Å². The van der Waals surface area contributed by atoms with Crippen LogP contribution in [0.25, 0.3) is 16.8 Å². The van der Waals surface area contributed by atoms with Gasteiger partial charge in [0, 0.05) is 48.7 Å². The van der Waals surface area contributed by atoms with E-state index < -0.39 is 23.5 Å². The number of fused-ring (bicyclic) bond motifs is 1. The second kappa shape index (κ2) is 9.62. The van der Waals surface area contributed by atoms with Crippen molar-refractivity contribution in [2.45, 2.75) is 24.9 Å². The number of anilines is 2. The number of nitrogens with zero attached hydrogens (tertiary/aromatic N) is 6. The molecule has 0 saturated carbocycles. The van der Waals surface area contributed by atoms with Gasteiger partial charge in [0.05, 0.1) is 5.56 Å². The highest BCUT2D eigenvalue weighted by Gasteiger charge is 2.31. The summed E-state index contributed by atoms with van der Waals surface area (Å²) in [5.41, 5.74) is 5.71. The predicted molar refractivity (Wildman–Crippen MR) is 129 cm³/mol. The van der Waals surface area contributed by atoms with Crippen LogP contribution in [-0.4, -0.2) is 43.2 Å². The SMILES string of the molecule is N#CN1CCC[C@@H](c2nc(-c3ccc(C(=O)Nc4cc(C(F)(F)F)ccn4)cc3F)c3c(N)nccn23)C1. The van der Waals surface area contributed by atoms with Crippen LogP contribution in [0.3, 0.4) is 0 Å². The Hall–Kier alpha value is -4.73. The lowest BCUT2D eigenvalue weighted by atomic mass is 9.97. The average Bonchev–Trinajstić information content (AvgIpc) is 3.29. The number of halogens is 4. The fourth-order valence-corrected chi connectivity index (χ4v) is 4.55. The van der Waals surface area contributed by atoms with Gasteiger partial charge in [0.1, 0.15) is 34.5 Å². The number of nitrogen functional groups attached to an aromatic ring is 1. The number of piperidine rings is 1. The van der Waals surface area contributed by atoms with Gasteiger partial charge in [-0.15, -0.1) is 0 Å². The van der Waals surface area contributed by atoms with Gasteiger partial charge in [0.15, 0.2) is 6.19 Å². The maximum absolute atomic E-state index is 15.4. The second-order valence-corrected chi connectivity index (χ2v) is 8.81. The zero-order chi connectivity index (χ0) is 27.0. The van der Waals surface area contributed by atoms with Gasteiger partial charge in [-0.1, -0.05) is 0 Å². The first-order valence-electron chi connectivity index (χ1n) is 11.6. The number of nitrogens with two attached hydrogens (primary N) is 1. The molecule has 0 spiro atoms. The summed E-state index contributed by atoms with van der Waals surface area (Å²) < 4.78 is 56.0. The summed E-state index contributed by atoms with van der Waals surface area (Å²) in [7, 11) is 0. The first-order chi connectivity index (χ1) is 18.2. The number of carbonyl (C=O) groups is 1. The lowest BCUT2D eigenvalue weighted by Crippen LogP contribution is -2.31. The van der Waals surface area contributed by atoms with E-state index >= 15 is 4.39 Å². The average molecular weight is 524 g/mol. The number of imidazole rings is 1. The summed E-state index contributed by atoms with van der Waals surface area (Å²) in [6.07, 6.45) is 3.22. The van der Waals surface area contributed by atoms with Crippen LogP contribution in [0.5, 0.6) is 0 Å². The maximum atomic E-state index is 15.4. The number of pyridine rings is 1. The minimum atomic E-state index is -4.61. The number of hydrogen-bond acceptors (Lipinski definition) is 7. The molecule has 38 heavy (non-hydrogen) atoms. The zero-order valence-electron chi connectivity index (χ0n) is 19.7. The Bertz CT molecular complexity index is 1580. The van der Waals surface area contributed by atoms with Gasteiger partial charge in [-0.2, -0.15) is 18.4 Å². The highest BCUT2D eigenvalue weighted by molar-refractivity contribution is 6.04. The third-order valence-electron chi connectivity index (χ3n) is 6.35. The molecule has 1 atom stereocenters. The summed E-state index contributed by atoms with van der Waals surface area (Å²) in [6, 6.07) is 5.12. The Balaban J connectivity index is 1.48. The number of rotatable bonds is 4. The van der Waals surface area contributed by atoms with Crippen LogP contribution < -0.4 is 11.1 Å².